The second kappa shape index (κ2) is 9.01. The standard InChI is InChI=1S/C18H23N3O2S2/c1-5-11(2)19-17(23)13-8-6-7-9-14(13)21-16(22)10-15-12(3)20-18(24-4)25-15/h6-9,11H,5,10H2,1-4H3,(H,19,23)(H,21,22)/t11-/m1/s1. The summed E-state index contributed by atoms with van der Waals surface area (Å²) in [5.41, 5.74) is 1.88. The first-order valence-corrected chi connectivity index (χ1v) is 10.2. The van der Waals surface area contributed by atoms with E-state index in [-0.39, 0.29) is 24.3 Å². The van der Waals surface area contributed by atoms with Crippen molar-refractivity contribution in [2.45, 2.75) is 44.0 Å². The fourth-order valence-electron chi connectivity index (χ4n) is 2.19. The number of nitrogens with one attached hydrogen (secondary N) is 2. The van der Waals surface area contributed by atoms with Crippen LogP contribution in [0.25, 0.3) is 0 Å². The topological polar surface area (TPSA) is 71.1 Å². The maximum absolute atomic E-state index is 12.4. The minimum atomic E-state index is -0.177. The second-order valence-electron chi connectivity index (χ2n) is 5.75. The minimum Gasteiger partial charge on any atom is -0.350 e. The molecule has 0 aliphatic carbocycles. The molecule has 0 saturated heterocycles. The van der Waals surface area contributed by atoms with Crippen LogP contribution in [-0.2, 0) is 11.2 Å². The molecule has 25 heavy (non-hydrogen) atoms. The predicted molar refractivity (Wildman–Crippen MR) is 105 cm³/mol. The number of hydrogen-bond acceptors (Lipinski definition) is 5. The molecule has 5 nitrogen and oxygen atoms in total. The first-order valence-electron chi connectivity index (χ1n) is 8.14. The smallest absolute Gasteiger partial charge is 0.253 e. The number of anilines is 1. The molecule has 0 saturated carbocycles. The van der Waals surface area contributed by atoms with E-state index in [2.05, 4.69) is 15.6 Å². The Labute approximate surface area is 156 Å². The van der Waals surface area contributed by atoms with E-state index in [1.54, 1.807) is 36.0 Å². The zero-order chi connectivity index (χ0) is 18.4. The molecule has 1 heterocycles. The summed E-state index contributed by atoms with van der Waals surface area (Å²) in [5.74, 6) is -0.327. The Morgan fingerprint density at radius 1 is 1.32 bits per heavy atom. The quantitative estimate of drug-likeness (QED) is 0.718. The van der Waals surface area contributed by atoms with E-state index in [1.165, 1.54) is 11.3 Å². The first-order chi connectivity index (χ1) is 11.9. The number of carbonyl (C=O) groups is 2. The Balaban J connectivity index is 2.10. The highest BCUT2D eigenvalue weighted by atomic mass is 32.2. The maximum Gasteiger partial charge on any atom is 0.253 e. The molecule has 2 amide bonds. The van der Waals surface area contributed by atoms with E-state index in [0.717, 1.165) is 21.3 Å². The van der Waals surface area contributed by atoms with Crippen molar-refractivity contribution >= 4 is 40.6 Å². The molecule has 7 heteroatoms. The molecule has 0 fully saturated rings. The van der Waals surface area contributed by atoms with Gasteiger partial charge >= 0.3 is 0 Å². The van der Waals surface area contributed by atoms with Crippen LogP contribution in [0.4, 0.5) is 5.69 Å². The number of thiazole rings is 1. The second-order valence-corrected chi connectivity index (χ2v) is 7.88. The lowest BCUT2D eigenvalue weighted by molar-refractivity contribution is -0.115. The van der Waals surface area contributed by atoms with Gasteiger partial charge < -0.3 is 10.6 Å². The summed E-state index contributed by atoms with van der Waals surface area (Å²) < 4.78 is 0.952. The average molecular weight is 378 g/mol. The summed E-state index contributed by atoms with van der Waals surface area (Å²) >= 11 is 3.10. The molecule has 2 aromatic rings. The zero-order valence-corrected chi connectivity index (χ0v) is 16.5. The van der Waals surface area contributed by atoms with Crippen LogP contribution >= 0.6 is 23.1 Å². The van der Waals surface area contributed by atoms with Gasteiger partial charge in [-0.15, -0.1) is 11.3 Å². The van der Waals surface area contributed by atoms with Crippen LogP contribution in [0.3, 0.4) is 0 Å². The van der Waals surface area contributed by atoms with Crippen molar-refractivity contribution in [1.29, 1.82) is 0 Å². The lowest BCUT2D eigenvalue weighted by Crippen LogP contribution is -2.32. The molecule has 134 valence electrons. The Morgan fingerprint density at radius 2 is 2.04 bits per heavy atom. The monoisotopic (exact) mass is 377 g/mol. The van der Waals surface area contributed by atoms with Crippen molar-refractivity contribution in [2.75, 3.05) is 11.6 Å². The number of thioether (sulfide) groups is 1. The third-order valence-corrected chi connectivity index (χ3v) is 5.95. The number of aryl methyl sites for hydroxylation is 1. The highest BCUT2D eigenvalue weighted by Gasteiger charge is 2.16. The van der Waals surface area contributed by atoms with E-state index in [1.807, 2.05) is 27.0 Å². The highest BCUT2D eigenvalue weighted by Crippen LogP contribution is 2.26. The van der Waals surface area contributed by atoms with Crippen LogP contribution in [0.15, 0.2) is 28.6 Å². The van der Waals surface area contributed by atoms with Gasteiger partial charge in [0.15, 0.2) is 0 Å². The van der Waals surface area contributed by atoms with Gasteiger partial charge in [0, 0.05) is 10.9 Å². The zero-order valence-electron chi connectivity index (χ0n) is 14.9. The number of benzene rings is 1. The molecule has 0 aliphatic heterocycles. The average Bonchev–Trinajstić information content (AvgIpc) is 2.94. The number of para-hydroxylation sites is 1. The van der Waals surface area contributed by atoms with Crippen LogP contribution in [0.5, 0.6) is 0 Å². The van der Waals surface area contributed by atoms with Gasteiger partial charge in [-0.3, -0.25) is 9.59 Å². The van der Waals surface area contributed by atoms with Crippen molar-refractivity contribution in [3.05, 3.63) is 40.4 Å². The van der Waals surface area contributed by atoms with Gasteiger partial charge in [0.1, 0.15) is 4.34 Å². The summed E-state index contributed by atoms with van der Waals surface area (Å²) in [5, 5.41) is 5.79. The molecule has 0 aliphatic rings. The number of hydrogen-bond donors (Lipinski definition) is 2. The van der Waals surface area contributed by atoms with Crippen LogP contribution in [0, 0.1) is 6.92 Å². The van der Waals surface area contributed by atoms with Gasteiger partial charge in [-0.1, -0.05) is 30.8 Å². The Morgan fingerprint density at radius 3 is 2.68 bits per heavy atom. The van der Waals surface area contributed by atoms with Gasteiger partial charge in [0.2, 0.25) is 5.91 Å². The van der Waals surface area contributed by atoms with E-state index < -0.39 is 0 Å². The molecule has 1 aromatic carbocycles. The predicted octanol–water partition coefficient (Wildman–Crippen LogP) is 3.88. The van der Waals surface area contributed by atoms with E-state index in [0.29, 0.717) is 11.3 Å². The first kappa shape index (κ1) is 19.5. The molecule has 0 bridgehead atoms. The van der Waals surface area contributed by atoms with Gasteiger partial charge in [0.25, 0.3) is 5.91 Å². The number of carbonyl (C=O) groups excluding carboxylic acids is 2. The number of nitrogens with zero attached hydrogens (tertiary/aromatic N) is 1. The van der Waals surface area contributed by atoms with Crippen molar-refractivity contribution in [3.8, 4) is 0 Å². The molecule has 0 radical (unpaired) electrons. The van der Waals surface area contributed by atoms with Crippen molar-refractivity contribution < 1.29 is 9.59 Å². The lowest BCUT2D eigenvalue weighted by atomic mass is 10.1. The highest BCUT2D eigenvalue weighted by molar-refractivity contribution is 8.00. The van der Waals surface area contributed by atoms with Gasteiger partial charge in [-0.05, 0) is 38.7 Å². The third-order valence-electron chi connectivity index (χ3n) is 3.80. The summed E-state index contributed by atoms with van der Waals surface area (Å²) in [6.45, 7) is 5.88. The number of amides is 2. The Kier molecular flexibility index (Phi) is 7.01. The van der Waals surface area contributed by atoms with Crippen LogP contribution < -0.4 is 10.6 Å². The molecule has 1 aromatic heterocycles. The van der Waals surface area contributed by atoms with Gasteiger partial charge in [-0.25, -0.2) is 4.98 Å². The summed E-state index contributed by atoms with van der Waals surface area (Å²) in [6, 6.07) is 7.15. The van der Waals surface area contributed by atoms with E-state index >= 15 is 0 Å². The van der Waals surface area contributed by atoms with Crippen LogP contribution in [0.1, 0.15) is 41.2 Å². The molecule has 2 rings (SSSR count). The van der Waals surface area contributed by atoms with Gasteiger partial charge in [0.05, 0.1) is 23.4 Å². The van der Waals surface area contributed by atoms with E-state index in [9.17, 15) is 9.59 Å². The van der Waals surface area contributed by atoms with Crippen molar-refractivity contribution in [1.82, 2.24) is 10.3 Å². The fraction of sp³-hybridized carbons (Fsp3) is 0.389. The number of aromatic nitrogens is 1. The molecular formula is C18H23N3O2S2. The normalized spacial score (nSPS) is 11.8. The lowest BCUT2D eigenvalue weighted by Gasteiger charge is -2.14. The van der Waals surface area contributed by atoms with Crippen LogP contribution in [0.2, 0.25) is 0 Å². The largest absolute Gasteiger partial charge is 0.350 e. The van der Waals surface area contributed by atoms with Crippen LogP contribution in [-0.4, -0.2) is 29.1 Å². The van der Waals surface area contributed by atoms with Crippen molar-refractivity contribution in [2.24, 2.45) is 0 Å². The van der Waals surface area contributed by atoms with Crippen molar-refractivity contribution in [3.63, 3.8) is 0 Å². The summed E-state index contributed by atoms with van der Waals surface area (Å²) in [6.07, 6.45) is 3.07. The minimum absolute atomic E-state index is 0.0843. The Hall–Kier alpha value is -1.86. The molecule has 0 unspecified atom stereocenters. The fourth-order valence-corrected chi connectivity index (χ4v) is 3.84. The summed E-state index contributed by atoms with van der Waals surface area (Å²) in [7, 11) is 0. The maximum atomic E-state index is 12.4. The molecule has 2 N–H and O–H groups in total. The molecule has 1 atom stereocenters. The molecular weight excluding hydrogens is 354 g/mol. The SMILES string of the molecule is CC[C@@H](C)NC(=O)c1ccccc1NC(=O)Cc1sc(SC)nc1C. The molecule has 0 spiro atoms. The van der Waals surface area contributed by atoms with E-state index in [4.69, 9.17) is 0 Å². The summed E-state index contributed by atoms with van der Waals surface area (Å²) in [4.78, 5) is 30.2. The Bertz CT molecular complexity index is 759. The van der Waals surface area contributed by atoms with Gasteiger partial charge in [-0.2, -0.15) is 0 Å². The third kappa shape index (κ3) is 5.31. The number of rotatable bonds is 7.